The molecule has 2 N–H and O–H groups in total. The van der Waals surface area contributed by atoms with Crippen LogP contribution in [0, 0.1) is 6.92 Å². The topological polar surface area (TPSA) is 37.2 Å². The van der Waals surface area contributed by atoms with Gasteiger partial charge in [0.25, 0.3) is 0 Å². The molecule has 2 atom stereocenters. The summed E-state index contributed by atoms with van der Waals surface area (Å²) in [6.07, 6.45) is 3.74. The molecule has 16 heavy (non-hydrogen) atoms. The zero-order valence-corrected chi connectivity index (χ0v) is 10.3. The second kappa shape index (κ2) is 5.51. The molecular formula is C13H22N2O. The molecule has 0 radical (unpaired) electrons. The normalized spacial score (nSPS) is 24.0. The minimum Gasteiger partial charge on any atom is -0.465 e. The van der Waals surface area contributed by atoms with Crippen LogP contribution in [0.5, 0.6) is 0 Å². The van der Waals surface area contributed by atoms with Crippen molar-refractivity contribution in [2.75, 3.05) is 13.1 Å². The Bertz CT molecular complexity index is 313. The third kappa shape index (κ3) is 3.09. The van der Waals surface area contributed by atoms with Crippen molar-refractivity contribution < 1.29 is 4.42 Å². The Morgan fingerprint density at radius 1 is 1.38 bits per heavy atom. The van der Waals surface area contributed by atoms with Crippen LogP contribution in [0.15, 0.2) is 16.5 Å². The van der Waals surface area contributed by atoms with Gasteiger partial charge < -0.3 is 15.1 Å². The van der Waals surface area contributed by atoms with E-state index in [2.05, 4.69) is 23.6 Å². The summed E-state index contributed by atoms with van der Waals surface area (Å²) < 4.78 is 5.64. The van der Waals surface area contributed by atoms with E-state index in [4.69, 9.17) is 4.42 Å². The number of furan rings is 1. The van der Waals surface area contributed by atoms with Crippen LogP contribution in [0.25, 0.3) is 0 Å². The van der Waals surface area contributed by atoms with Gasteiger partial charge in [0, 0.05) is 6.04 Å². The number of nitrogens with one attached hydrogen (secondary N) is 2. The molecular weight excluding hydrogens is 200 g/mol. The number of aryl methyl sites for hydroxylation is 1. The van der Waals surface area contributed by atoms with E-state index in [-0.39, 0.29) is 0 Å². The lowest BCUT2D eigenvalue weighted by Crippen LogP contribution is -2.32. The van der Waals surface area contributed by atoms with E-state index < -0.39 is 0 Å². The van der Waals surface area contributed by atoms with E-state index in [1.807, 2.05) is 13.0 Å². The summed E-state index contributed by atoms with van der Waals surface area (Å²) in [5.41, 5.74) is 0. The molecule has 2 heterocycles. The molecule has 2 rings (SSSR count). The Kier molecular flexibility index (Phi) is 4.02. The highest BCUT2D eigenvalue weighted by Gasteiger charge is 2.16. The standard InChI is InChI=1S/C13H22N2O/c1-10-5-6-13(16-10)11(2)15-12-4-3-8-14-9-7-12/h5-6,11-12,14-15H,3-4,7-9H2,1-2H3. The summed E-state index contributed by atoms with van der Waals surface area (Å²) in [7, 11) is 0. The number of hydrogen-bond donors (Lipinski definition) is 2. The maximum Gasteiger partial charge on any atom is 0.120 e. The summed E-state index contributed by atoms with van der Waals surface area (Å²) in [6.45, 7) is 6.45. The van der Waals surface area contributed by atoms with Crippen LogP contribution >= 0.6 is 0 Å². The molecule has 1 saturated heterocycles. The fraction of sp³-hybridized carbons (Fsp3) is 0.692. The monoisotopic (exact) mass is 222 g/mol. The molecule has 0 bridgehead atoms. The second-order valence-electron chi connectivity index (χ2n) is 4.71. The molecule has 90 valence electrons. The van der Waals surface area contributed by atoms with Crippen molar-refractivity contribution >= 4 is 0 Å². The molecule has 0 saturated carbocycles. The van der Waals surface area contributed by atoms with Gasteiger partial charge in [0.05, 0.1) is 6.04 Å². The average molecular weight is 222 g/mol. The minimum atomic E-state index is 0.316. The molecule has 3 heteroatoms. The van der Waals surface area contributed by atoms with E-state index in [1.165, 1.54) is 19.3 Å². The van der Waals surface area contributed by atoms with Gasteiger partial charge in [-0.3, -0.25) is 0 Å². The van der Waals surface area contributed by atoms with Crippen molar-refractivity contribution in [2.45, 2.75) is 45.2 Å². The lowest BCUT2D eigenvalue weighted by atomic mass is 10.1. The van der Waals surface area contributed by atoms with Crippen LogP contribution < -0.4 is 10.6 Å². The minimum absolute atomic E-state index is 0.316. The van der Waals surface area contributed by atoms with E-state index >= 15 is 0 Å². The molecule has 2 unspecified atom stereocenters. The lowest BCUT2D eigenvalue weighted by molar-refractivity contribution is 0.364. The van der Waals surface area contributed by atoms with E-state index in [0.29, 0.717) is 12.1 Å². The second-order valence-corrected chi connectivity index (χ2v) is 4.71. The Hall–Kier alpha value is -0.800. The highest BCUT2D eigenvalue weighted by atomic mass is 16.3. The molecule has 0 amide bonds. The predicted molar refractivity (Wildman–Crippen MR) is 65.5 cm³/mol. The number of rotatable bonds is 3. The van der Waals surface area contributed by atoms with Gasteiger partial charge in [-0.2, -0.15) is 0 Å². The molecule has 1 aliphatic rings. The fourth-order valence-corrected chi connectivity index (χ4v) is 2.31. The highest BCUT2D eigenvalue weighted by molar-refractivity contribution is 5.09. The van der Waals surface area contributed by atoms with E-state index in [0.717, 1.165) is 24.6 Å². The van der Waals surface area contributed by atoms with Crippen LogP contribution in [0.1, 0.15) is 43.7 Å². The summed E-state index contributed by atoms with van der Waals surface area (Å²) >= 11 is 0. The van der Waals surface area contributed by atoms with Gasteiger partial charge in [-0.1, -0.05) is 0 Å². The van der Waals surface area contributed by atoms with Crippen molar-refractivity contribution in [1.29, 1.82) is 0 Å². The molecule has 0 spiro atoms. The molecule has 1 aromatic rings. The third-order valence-electron chi connectivity index (χ3n) is 3.25. The Labute approximate surface area is 97.6 Å². The van der Waals surface area contributed by atoms with Gasteiger partial charge in [0.2, 0.25) is 0 Å². The van der Waals surface area contributed by atoms with Crippen LogP contribution in [-0.4, -0.2) is 19.1 Å². The van der Waals surface area contributed by atoms with Crippen molar-refractivity contribution in [3.8, 4) is 0 Å². The average Bonchev–Trinajstić information content (AvgIpc) is 2.54. The maximum absolute atomic E-state index is 5.64. The van der Waals surface area contributed by atoms with Gasteiger partial charge in [-0.15, -0.1) is 0 Å². The molecule has 1 fully saturated rings. The van der Waals surface area contributed by atoms with Gasteiger partial charge in [-0.25, -0.2) is 0 Å². The third-order valence-corrected chi connectivity index (χ3v) is 3.25. The first-order valence-corrected chi connectivity index (χ1v) is 6.29. The SMILES string of the molecule is Cc1ccc(C(C)NC2CCCNCC2)o1. The fourth-order valence-electron chi connectivity index (χ4n) is 2.31. The van der Waals surface area contributed by atoms with Gasteiger partial charge in [0.1, 0.15) is 11.5 Å². The van der Waals surface area contributed by atoms with Gasteiger partial charge >= 0.3 is 0 Å². The van der Waals surface area contributed by atoms with Crippen LogP contribution in [-0.2, 0) is 0 Å². The van der Waals surface area contributed by atoms with E-state index in [1.54, 1.807) is 0 Å². The van der Waals surface area contributed by atoms with Crippen LogP contribution in [0.3, 0.4) is 0 Å². The lowest BCUT2D eigenvalue weighted by Gasteiger charge is -2.20. The van der Waals surface area contributed by atoms with Crippen LogP contribution in [0.4, 0.5) is 0 Å². The summed E-state index contributed by atoms with van der Waals surface area (Å²) in [5.74, 6) is 2.04. The molecule has 3 nitrogen and oxygen atoms in total. The highest BCUT2D eigenvalue weighted by Crippen LogP contribution is 2.18. The van der Waals surface area contributed by atoms with Crippen molar-refractivity contribution in [3.05, 3.63) is 23.7 Å². The summed E-state index contributed by atoms with van der Waals surface area (Å²) in [5, 5.41) is 7.09. The van der Waals surface area contributed by atoms with Crippen LogP contribution in [0.2, 0.25) is 0 Å². The quantitative estimate of drug-likeness (QED) is 0.824. The molecule has 1 aromatic heterocycles. The molecule has 0 aromatic carbocycles. The van der Waals surface area contributed by atoms with Crippen molar-refractivity contribution in [3.63, 3.8) is 0 Å². The smallest absolute Gasteiger partial charge is 0.120 e. The zero-order chi connectivity index (χ0) is 11.4. The summed E-state index contributed by atoms with van der Waals surface area (Å²) in [6, 6.07) is 5.04. The summed E-state index contributed by atoms with van der Waals surface area (Å²) in [4.78, 5) is 0. The van der Waals surface area contributed by atoms with Crippen molar-refractivity contribution in [1.82, 2.24) is 10.6 Å². The predicted octanol–water partition coefficient (Wildman–Crippen LogP) is 2.38. The maximum atomic E-state index is 5.64. The first-order chi connectivity index (χ1) is 7.75. The van der Waals surface area contributed by atoms with E-state index in [9.17, 15) is 0 Å². The Balaban J connectivity index is 1.88. The Morgan fingerprint density at radius 2 is 2.25 bits per heavy atom. The van der Waals surface area contributed by atoms with Gasteiger partial charge in [-0.05, 0) is 58.3 Å². The zero-order valence-electron chi connectivity index (χ0n) is 10.3. The largest absolute Gasteiger partial charge is 0.465 e. The molecule has 0 aliphatic carbocycles. The first kappa shape index (κ1) is 11.7. The van der Waals surface area contributed by atoms with Gasteiger partial charge in [0.15, 0.2) is 0 Å². The molecule has 1 aliphatic heterocycles. The first-order valence-electron chi connectivity index (χ1n) is 6.29. The Morgan fingerprint density at radius 3 is 3.00 bits per heavy atom. The van der Waals surface area contributed by atoms with Crippen molar-refractivity contribution in [2.24, 2.45) is 0 Å². The number of hydrogen-bond acceptors (Lipinski definition) is 3.